The average molecular weight is 367 g/mol. The van der Waals surface area contributed by atoms with Gasteiger partial charge in [-0.3, -0.25) is 0 Å². The Kier molecular flexibility index (Phi) is 6.46. The van der Waals surface area contributed by atoms with Crippen LogP contribution in [0.3, 0.4) is 0 Å². The van der Waals surface area contributed by atoms with E-state index in [1.54, 1.807) is 12.1 Å². The van der Waals surface area contributed by atoms with Crippen LogP contribution in [0.1, 0.15) is 89.2 Å². The zero-order chi connectivity index (χ0) is 19.3. The van der Waals surface area contributed by atoms with E-state index < -0.39 is 0 Å². The van der Waals surface area contributed by atoms with Gasteiger partial charge in [-0.25, -0.2) is 0 Å². The molecule has 27 heavy (non-hydrogen) atoms. The summed E-state index contributed by atoms with van der Waals surface area (Å²) in [6.07, 6.45) is 12.1. The number of hydrogen-bond acceptors (Lipinski definition) is 2. The highest BCUT2D eigenvalue weighted by Gasteiger charge is 2.42. The second kappa shape index (κ2) is 8.82. The number of fused-ring (bicyclic) bond motifs is 3. The van der Waals surface area contributed by atoms with E-state index in [0.717, 1.165) is 12.8 Å². The Balaban J connectivity index is 2.03. The van der Waals surface area contributed by atoms with Gasteiger partial charge in [-0.05, 0) is 59.4 Å². The van der Waals surface area contributed by atoms with Crippen molar-refractivity contribution < 1.29 is 10.2 Å². The van der Waals surface area contributed by atoms with Gasteiger partial charge in [-0.1, -0.05) is 77.3 Å². The summed E-state index contributed by atoms with van der Waals surface area (Å²) >= 11 is 0. The highest BCUT2D eigenvalue weighted by atomic mass is 16.3. The minimum atomic E-state index is -0.0797. The third-order valence-corrected chi connectivity index (χ3v) is 6.24. The van der Waals surface area contributed by atoms with Crippen LogP contribution < -0.4 is 0 Å². The molecule has 2 nitrogen and oxygen atoms in total. The fourth-order valence-electron chi connectivity index (χ4n) is 4.84. The van der Waals surface area contributed by atoms with Crippen molar-refractivity contribution in [3.05, 3.63) is 47.5 Å². The van der Waals surface area contributed by atoms with Gasteiger partial charge in [0.25, 0.3) is 0 Å². The molecule has 0 saturated heterocycles. The van der Waals surface area contributed by atoms with E-state index in [-0.39, 0.29) is 5.41 Å². The van der Waals surface area contributed by atoms with Gasteiger partial charge in [-0.15, -0.1) is 0 Å². The Bertz CT molecular complexity index is 697. The molecular weight excluding hydrogens is 332 g/mol. The predicted octanol–water partition coefficient (Wildman–Crippen LogP) is 7.31. The third-order valence-electron chi connectivity index (χ3n) is 6.24. The molecule has 0 fully saturated rings. The van der Waals surface area contributed by atoms with Gasteiger partial charge in [-0.2, -0.15) is 0 Å². The molecule has 2 aromatic carbocycles. The average Bonchev–Trinajstić information content (AvgIpc) is 2.92. The Labute approximate surface area is 164 Å². The maximum Gasteiger partial charge on any atom is 0.115 e. The summed E-state index contributed by atoms with van der Waals surface area (Å²) in [5.41, 5.74) is 4.90. The molecule has 2 heteroatoms. The second-order valence-electron chi connectivity index (χ2n) is 8.16. The van der Waals surface area contributed by atoms with E-state index >= 15 is 0 Å². The van der Waals surface area contributed by atoms with Crippen molar-refractivity contribution in [3.8, 4) is 22.6 Å². The number of unbranched alkanes of at least 4 members (excludes halogenated alkanes) is 6. The number of phenolic OH excluding ortho intramolecular Hbond substituents is 2. The molecule has 0 amide bonds. The highest BCUT2D eigenvalue weighted by molar-refractivity contribution is 5.82. The molecule has 1 aliphatic carbocycles. The van der Waals surface area contributed by atoms with Crippen LogP contribution in [0, 0.1) is 0 Å². The largest absolute Gasteiger partial charge is 0.508 e. The lowest BCUT2D eigenvalue weighted by molar-refractivity contribution is 0.395. The summed E-state index contributed by atoms with van der Waals surface area (Å²) in [5, 5.41) is 20.5. The molecule has 2 aromatic rings. The van der Waals surface area contributed by atoms with Crippen LogP contribution in [0.5, 0.6) is 11.5 Å². The standard InChI is InChI=1S/C25H34O2/c1-3-5-7-9-15-25(16-10-8-6-4-2)23-17-19(26)11-13-21(23)22-14-12-20(27)18-24(22)25/h11-14,17-18,26-27H,3-10,15-16H2,1-2H3. The minimum absolute atomic E-state index is 0.0797. The first kappa shape index (κ1) is 19.8. The SMILES string of the molecule is CCCCCCC1(CCCCCC)c2cc(O)ccc2-c2ccc(O)cc21. The van der Waals surface area contributed by atoms with E-state index in [0.29, 0.717) is 11.5 Å². The lowest BCUT2D eigenvalue weighted by Crippen LogP contribution is -2.25. The Morgan fingerprint density at radius 3 is 1.48 bits per heavy atom. The molecule has 0 spiro atoms. The van der Waals surface area contributed by atoms with E-state index in [1.807, 2.05) is 12.1 Å². The number of phenols is 2. The van der Waals surface area contributed by atoms with Crippen molar-refractivity contribution in [2.24, 2.45) is 0 Å². The lowest BCUT2D eigenvalue weighted by atomic mass is 9.70. The van der Waals surface area contributed by atoms with Gasteiger partial charge >= 0.3 is 0 Å². The Hall–Kier alpha value is -1.96. The molecule has 0 atom stereocenters. The van der Waals surface area contributed by atoms with Crippen molar-refractivity contribution in [2.45, 2.75) is 83.5 Å². The first-order chi connectivity index (χ1) is 13.1. The molecule has 1 aliphatic rings. The quantitative estimate of drug-likeness (QED) is 0.433. The summed E-state index contributed by atoms with van der Waals surface area (Å²) in [4.78, 5) is 0. The first-order valence-corrected chi connectivity index (χ1v) is 10.8. The molecule has 0 unspecified atom stereocenters. The number of rotatable bonds is 10. The lowest BCUT2D eigenvalue weighted by Gasteiger charge is -2.33. The zero-order valence-corrected chi connectivity index (χ0v) is 16.9. The van der Waals surface area contributed by atoms with Crippen LogP contribution in [0.15, 0.2) is 36.4 Å². The zero-order valence-electron chi connectivity index (χ0n) is 16.9. The van der Waals surface area contributed by atoms with Crippen LogP contribution in [-0.2, 0) is 5.41 Å². The third kappa shape index (κ3) is 4.00. The topological polar surface area (TPSA) is 40.5 Å². The highest BCUT2D eigenvalue weighted by Crippen LogP contribution is 2.55. The van der Waals surface area contributed by atoms with Crippen molar-refractivity contribution in [3.63, 3.8) is 0 Å². The van der Waals surface area contributed by atoms with Crippen molar-refractivity contribution in [2.75, 3.05) is 0 Å². The van der Waals surface area contributed by atoms with Gasteiger partial charge in [0.05, 0.1) is 0 Å². The number of aromatic hydroxyl groups is 2. The smallest absolute Gasteiger partial charge is 0.115 e. The maximum atomic E-state index is 10.2. The molecular formula is C25H34O2. The van der Waals surface area contributed by atoms with Crippen molar-refractivity contribution in [1.29, 1.82) is 0 Å². The summed E-state index contributed by atoms with van der Waals surface area (Å²) in [5.74, 6) is 0.689. The predicted molar refractivity (Wildman–Crippen MR) is 114 cm³/mol. The number of hydrogen-bond donors (Lipinski definition) is 2. The van der Waals surface area contributed by atoms with Crippen LogP contribution in [0.25, 0.3) is 11.1 Å². The monoisotopic (exact) mass is 366 g/mol. The summed E-state index contributed by atoms with van der Waals surface area (Å²) < 4.78 is 0. The Morgan fingerprint density at radius 1 is 0.630 bits per heavy atom. The molecule has 0 aliphatic heterocycles. The maximum absolute atomic E-state index is 10.2. The van der Waals surface area contributed by atoms with Crippen LogP contribution in [0.4, 0.5) is 0 Å². The molecule has 0 saturated carbocycles. The fourth-order valence-corrected chi connectivity index (χ4v) is 4.84. The van der Waals surface area contributed by atoms with Crippen molar-refractivity contribution in [1.82, 2.24) is 0 Å². The summed E-state index contributed by atoms with van der Waals surface area (Å²) in [6, 6.07) is 11.7. The molecule has 2 N–H and O–H groups in total. The first-order valence-electron chi connectivity index (χ1n) is 10.8. The molecule has 0 aromatic heterocycles. The fraction of sp³-hybridized carbons (Fsp3) is 0.520. The normalized spacial score (nSPS) is 14.1. The van der Waals surface area contributed by atoms with Crippen LogP contribution in [0.2, 0.25) is 0 Å². The molecule has 0 heterocycles. The molecule has 0 bridgehead atoms. The number of benzene rings is 2. The van der Waals surface area contributed by atoms with E-state index in [9.17, 15) is 10.2 Å². The van der Waals surface area contributed by atoms with Gasteiger partial charge in [0.1, 0.15) is 11.5 Å². The van der Waals surface area contributed by atoms with Gasteiger partial charge in [0, 0.05) is 5.41 Å². The second-order valence-corrected chi connectivity index (χ2v) is 8.16. The minimum Gasteiger partial charge on any atom is -0.508 e. The van der Waals surface area contributed by atoms with E-state index in [2.05, 4.69) is 26.0 Å². The van der Waals surface area contributed by atoms with Gasteiger partial charge in [0.2, 0.25) is 0 Å². The summed E-state index contributed by atoms with van der Waals surface area (Å²) in [7, 11) is 0. The molecule has 0 radical (unpaired) electrons. The molecule has 3 rings (SSSR count). The summed E-state index contributed by atoms with van der Waals surface area (Å²) in [6.45, 7) is 4.49. The van der Waals surface area contributed by atoms with Gasteiger partial charge < -0.3 is 10.2 Å². The Morgan fingerprint density at radius 2 is 1.07 bits per heavy atom. The van der Waals surface area contributed by atoms with E-state index in [4.69, 9.17) is 0 Å². The van der Waals surface area contributed by atoms with Gasteiger partial charge in [0.15, 0.2) is 0 Å². The van der Waals surface area contributed by atoms with Crippen molar-refractivity contribution >= 4 is 0 Å². The van der Waals surface area contributed by atoms with Crippen LogP contribution >= 0.6 is 0 Å². The van der Waals surface area contributed by atoms with E-state index in [1.165, 1.54) is 73.6 Å². The molecule has 146 valence electrons. The van der Waals surface area contributed by atoms with Crippen LogP contribution in [-0.4, -0.2) is 10.2 Å².